The van der Waals surface area contributed by atoms with Crippen LogP contribution >= 0.6 is 35.0 Å². The van der Waals surface area contributed by atoms with Crippen molar-refractivity contribution in [1.82, 2.24) is 9.97 Å². The molecule has 0 saturated carbocycles. The summed E-state index contributed by atoms with van der Waals surface area (Å²) in [5, 5.41) is 3.99. The third kappa shape index (κ3) is 4.83. The molecule has 0 aliphatic heterocycles. The Morgan fingerprint density at radius 1 is 1.09 bits per heavy atom. The van der Waals surface area contributed by atoms with Crippen LogP contribution in [0.5, 0.6) is 0 Å². The number of rotatable bonds is 4. The zero-order valence-electron chi connectivity index (χ0n) is 13.3. The number of thioether (sulfide) groups is 1. The Balaban J connectivity index is 2.08. The van der Waals surface area contributed by atoms with Crippen molar-refractivity contribution >= 4 is 46.6 Å². The van der Waals surface area contributed by atoms with Crippen molar-refractivity contribution in [2.45, 2.75) is 38.1 Å². The number of amides is 1. The summed E-state index contributed by atoms with van der Waals surface area (Å²) in [4.78, 5) is 21.1. The summed E-state index contributed by atoms with van der Waals surface area (Å²) in [6, 6.07) is 4.92. The van der Waals surface area contributed by atoms with Gasteiger partial charge < -0.3 is 5.32 Å². The number of carbonyl (C=O) groups is 1. The van der Waals surface area contributed by atoms with Crippen molar-refractivity contribution in [3.63, 3.8) is 0 Å². The van der Waals surface area contributed by atoms with E-state index in [0.717, 1.165) is 17.0 Å². The molecule has 0 aliphatic carbocycles. The van der Waals surface area contributed by atoms with Crippen LogP contribution in [-0.2, 0) is 4.79 Å². The summed E-state index contributed by atoms with van der Waals surface area (Å²) in [5.74, 6) is -0.159. The zero-order valence-corrected chi connectivity index (χ0v) is 15.6. The van der Waals surface area contributed by atoms with E-state index in [2.05, 4.69) is 15.3 Å². The van der Waals surface area contributed by atoms with E-state index in [0.29, 0.717) is 20.9 Å². The number of aromatic nitrogens is 2. The van der Waals surface area contributed by atoms with Gasteiger partial charge in [0.25, 0.3) is 0 Å². The molecule has 0 bridgehead atoms. The van der Waals surface area contributed by atoms with Crippen LogP contribution in [-0.4, -0.2) is 21.1 Å². The average molecular weight is 370 g/mol. The fourth-order valence-electron chi connectivity index (χ4n) is 1.88. The molecule has 0 saturated heterocycles. The van der Waals surface area contributed by atoms with Gasteiger partial charge in [0.2, 0.25) is 5.91 Å². The fraction of sp³-hybridized carbons (Fsp3) is 0.312. The molecule has 1 amide bonds. The minimum Gasteiger partial charge on any atom is -0.325 e. The molecule has 2 aromatic rings. The number of nitrogens with one attached hydrogen (secondary N) is 1. The molecule has 122 valence electrons. The number of hydrogen-bond acceptors (Lipinski definition) is 4. The van der Waals surface area contributed by atoms with E-state index < -0.39 is 0 Å². The van der Waals surface area contributed by atoms with E-state index >= 15 is 0 Å². The van der Waals surface area contributed by atoms with Gasteiger partial charge in [0.05, 0.1) is 5.25 Å². The Bertz CT molecular complexity index is 709. The van der Waals surface area contributed by atoms with Crippen LogP contribution in [0.3, 0.4) is 0 Å². The lowest BCUT2D eigenvalue weighted by molar-refractivity contribution is -0.115. The van der Waals surface area contributed by atoms with Gasteiger partial charge in [-0.3, -0.25) is 4.79 Å². The zero-order chi connectivity index (χ0) is 17.1. The smallest absolute Gasteiger partial charge is 0.237 e. The second kappa shape index (κ2) is 7.51. The number of nitrogens with zero attached hydrogens (tertiary/aromatic N) is 2. The Labute approximate surface area is 150 Å². The quantitative estimate of drug-likeness (QED) is 0.619. The third-order valence-corrected chi connectivity index (χ3v) is 4.79. The molecule has 0 fully saturated rings. The molecule has 23 heavy (non-hydrogen) atoms. The number of benzene rings is 1. The number of halogens is 2. The van der Waals surface area contributed by atoms with Gasteiger partial charge in [-0.25, -0.2) is 9.97 Å². The van der Waals surface area contributed by atoms with E-state index in [1.54, 1.807) is 25.1 Å². The van der Waals surface area contributed by atoms with Crippen molar-refractivity contribution in [2.75, 3.05) is 5.32 Å². The minimum absolute atomic E-state index is 0.159. The summed E-state index contributed by atoms with van der Waals surface area (Å²) in [5.41, 5.74) is 3.49. The highest BCUT2D eigenvalue weighted by molar-refractivity contribution is 8.00. The molecule has 7 heteroatoms. The topological polar surface area (TPSA) is 54.9 Å². The highest BCUT2D eigenvalue weighted by Crippen LogP contribution is 2.25. The van der Waals surface area contributed by atoms with Crippen molar-refractivity contribution in [1.29, 1.82) is 0 Å². The molecule has 2 rings (SSSR count). The van der Waals surface area contributed by atoms with E-state index in [9.17, 15) is 4.79 Å². The largest absolute Gasteiger partial charge is 0.325 e. The second-order valence-electron chi connectivity index (χ2n) is 5.21. The molecule has 0 spiro atoms. The monoisotopic (exact) mass is 369 g/mol. The van der Waals surface area contributed by atoms with E-state index in [1.165, 1.54) is 11.8 Å². The first-order valence-electron chi connectivity index (χ1n) is 7.01. The highest BCUT2D eigenvalue weighted by Gasteiger charge is 2.17. The molecule has 1 aromatic heterocycles. The highest BCUT2D eigenvalue weighted by atomic mass is 35.5. The lowest BCUT2D eigenvalue weighted by atomic mass is 10.2. The van der Waals surface area contributed by atoms with E-state index in [-0.39, 0.29) is 11.2 Å². The van der Waals surface area contributed by atoms with Gasteiger partial charge >= 0.3 is 0 Å². The Morgan fingerprint density at radius 3 is 2.13 bits per heavy atom. The van der Waals surface area contributed by atoms with Crippen molar-refractivity contribution in [3.05, 3.63) is 45.2 Å². The van der Waals surface area contributed by atoms with Crippen LogP contribution in [0.2, 0.25) is 10.0 Å². The Hall–Kier alpha value is -1.30. The number of hydrogen-bond donors (Lipinski definition) is 1. The van der Waals surface area contributed by atoms with Gasteiger partial charge in [0, 0.05) is 27.1 Å². The summed E-state index contributed by atoms with van der Waals surface area (Å²) >= 11 is 13.2. The first-order chi connectivity index (χ1) is 10.8. The fourth-order valence-corrected chi connectivity index (χ4v) is 3.26. The van der Waals surface area contributed by atoms with Crippen molar-refractivity contribution in [3.8, 4) is 0 Å². The average Bonchev–Trinajstić information content (AvgIpc) is 2.43. The number of aryl methyl sites for hydroxylation is 2. The predicted octanol–water partition coefficient (Wildman–Crippen LogP) is 4.83. The standard InChI is InChI=1S/C16H17Cl2N3OS/c1-8-9(2)19-16(20-10(8)3)23-11(4)15(22)21-14-6-12(17)5-13(18)7-14/h5-7,11H,1-4H3,(H,21,22)/t11-/m1/s1. The van der Waals surface area contributed by atoms with Crippen molar-refractivity contribution in [2.24, 2.45) is 0 Å². The molecular formula is C16H17Cl2N3OS. The van der Waals surface area contributed by atoms with Gasteiger partial charge in [-0.05, 0) is 51.5 Å². The lowest BCUT2D eigenvalue weighted by Gasteiger charge is -2.13. The Morgan fingerprint density at radius 2 is 1.61 bits per heavy atom. The molecule has 0 unspecified atom stereocenters. The number of anilines is 1. The minimum atomic E-state index is -0.353. The van der Waals surface area contributed by atoms with Gasteiger partial charge in [0.15, 0.2) is 5.16 Å². The first kappa shape index (κ1) is 18.0. The molecule has 1 N–H and O–H groups in total. The van der Waals surface area contributed by atoms with Crippen LogP contribution in [0.1, 0.15) is 23.9 Å². The van der Waals surface area contributed by atoms with Gasteiger partial charge in [-0.1, -0.05) is 35.0 Å². The summed E-state index contributed by atoms with van der Waals surface area (Å²) in [6.45, 7) is 7.66. The summed E-state index contributed by atoms with van der Waals surface area (Å²) in [7, 11) is 0. The Kier molecular flexibility index (Phi) is 5.89. The molecule has 0 aliphatic rings. The van der Waals surface area contributed by atoms with Crippen LogP contribution in [0.25, 0.3) is 0 Å². The van der Waals surface area contributed by atoms with E-state index in [1.807, 2.05) is 20.8 Å². The van der Waals surface area contributed by atoms with Crippen LogP contribution in [0.4, 0.5) is 5.69 Å². The van der Waals surface area contributed by atoms with Gasteiger partial charge in [-0.2, -0.15) is 0 Å². The van der Waals surface area contributed by atoms with Crippen LogP contribution < -0.4 is 5.32 Å². The van der Waals surface area contributed by atoms with Crippen LogP contribution in [0.15, 0.2) is 23.4 Å². The summed E-state index contributed by atoms with van der Waals surface area (Å²) in [6.07, 6.45) is 0. The van der Waals surface area contributed by atoms with Crippen molar-refractivity contribution < 1.29 is 4.79 Å². The van der Waals surface area contributed by atoms with E-state index in [4.69, 9.17) is 23.2 Å². The maximum absolute atomic E-state index is 12.3. The summed E-state index contributed by atoms with van der Waals surface area (Å²) < 4.78 is 0. The molecule has 1 aromatic carbocycles. The number of carbonyl (C=O) groups excluding carboxylic acids is 1. The SMILES string of the molecule is Cc1nc(S[C@H](C)C(=O)Nc2cc(Cl)cc(Cl)c2)nc(C)c1C. The lowest BCUT2D eigenvalue weighted by Crippen LogP contribution is -2.22. The maximum atomic E-state index is 12.3. The molecular weight excluding hydrogens is 353 g/mol. The third-order valence-electron chi connectivity index (χ3n) is 3.39. The molecule has 1 atom stereocenters. The molecule has 4 nitrogen and oxygen atoms in total. The second-order valence-corrected chi connectivity index (χ2v) is 7.39. The van der Waals surface area contributed by atoms with Gasteiger partial charge in [-0.15, -0.1) is 0 Å². The van der Waals surface area contributed by atoms with Gasteiger partial charge in [0.1, 0.15) is 0 Å². The molecule has 1 heterocycles. The molecule has 0 radical (unpaired) electrons. The maximum Gasteiger partial charge on any atom is 0.237 e. The normalized spacial score (nSPS) is 12.1. The van der Waals surface area contributed by atoms with Crippen LogP contribution in [0, 0.1) is 20.8 Å². The first-order valence-corrected chi connectivity index (χ1v) is 8.65. The predicted molar refractivity (Wildman–Crippen MR) is 96.7 cm³/mol.